The van der Waals surface area contributed by atoms with E-state index in [4.69, 9.17) is 5.16 Å². The van der Waals surface area contributed by atoms with Gasteiger partial charge in [0.05, 0.1) is 0 Å². The molecular formula is C29H61N2O2P. The molecule has 5 heteroatoms. The highest BCUT2D eigenvalue weighted by molar-refractivity contribution is 7.37. The first-order valence-corrected chi connectivity index (χ1v) is 16.6. The van der Waals surface area contributed by atoms with Crippen LogP contribution < -0.4 is 10.2 Å². The Bertz CT molecular complexity index is 412. The summed E-state index contributed by atoms with van der Waals surface area (Å²) in [7, 11) is -1.79. The topological polar surface area (TPSA) is 79.2 Å². The molecule has 0 aliphatic rings. The molecule has 0 bridgehead atoms. The summed E-state index contributed by atoms with van der Waals surface area (Å²) in [6.07, 6.45) is 29.9. The molecule has 1 unspecified atom stereocenters. The van der Waals surface area contributed by atoms with E-state index in [1.807, 2.05) is 0 Å². The van der Waals surface area contributed by atoms with Gasteiger partial charge in [-0.05, 0) is 38.6 Å². The molecule has 0 rings (SSSR count). The molecule has 1 atom stereocenters. The average Bonchev–Trinajstić information content (AvgIpc) is 2.82. The van der Waals surface area contributed by atoms with Crippen LogP contribution in [0, 0.1) is 5.16 Å². The van der Waals surface area contributed by atoms with Gasteiger partial charge in [0.25, 0.3) is 0 Å². The maximum absolute atomic E-state index is 11.4. The molecule has 0 fully saturated rings. The van der Waals surface area contributed by atoms with Crippen molar-refractivity contribution in [2.24, 2.45) is 0 Å². The highest BCUT2D eigenvalue weighted by Crippen LogP contribution is 2.30. The Balaban J connectivity index is 4.51. The van der Waals surface area contributed by atoms with Crippen molar-refractivity contribution in [1.29, 1.82) is 5.16 Å². The summed E-state index contributed by atoms with van der Waals surface area (Å²) in [5.41, 5.74) is 0.1000. The van der Waals surface area contributed by atoms with Crippen LogP contribution >= 0.6 is 7.94 Å². The molecule has 0 spiro atoms. The summed E-state index contributed by atoms with van der Waals surface area (Å²) < 4.78 is 0. The summed E-state index contributed by atoms with van der Waals surface area (Å²) in [4.78, 5) is 11.4. The molecule has 0 saturated carbocycles. The molecule has 0 radical (unpaired) electrons. The monoisotopic (exact) mass is 500 g/mol. The van der Waals surface area contributed by atoms with Crippen LogP contribution in [0.15, 0.2) is 0 Å². The zero-order valence-corrected chi connectivity index (χ0v) is 24.1. The highest BCUT2D eigenvalue weighted by Gasteiger charge is 2.28. The molecule has 0 amide bonds. The van der Waals surface area contributed by atoms with Gasteiger partial charge in [0.15, 0.2) is 7.94 Å². The van der Waals surface area contributed by atoms with Crippen LogP contribution in [-0.2, 0) is 0 Å². The van der Waals surface area contributed by atoms with Crippen LogP contribution in [-0.4, -0.2) is 30.0 Å². The van der Waals surface area contributed by atoms with E-state index in [0.717, 1.165) is 25.8 Å². The first-order chi connectivity index (χ1) is 16.6. The SMILES string of the molecule is CCCCCCCCCCCC(CCCCCCCCCCC)(CCC[P+](=N)[O-])NCCCO. The Morgan fingerprint density at radius 1 is 0.618 bits per heavy atom. The fraction of sp³-hybridized carbons (Fsp3) is 1.00. The maximum Gasteiger partial charge on any atom is 0.159 e. The second kappa shape index (κ2) is 26.1. The smallest absolute Gasteiger partial charge is 0.159 e. The molecule has 3 N–H and O–H groups in total. The van der Waals surface area contributed by atoms with Crippen molar-refractivity contribution in [3.8, 4) is 0 Å². The molecular weight excluding hydrogens is 439 g/mol. The van der Waals surface area contributed by atoms with Crippen LogP contribution in [0.5, 0.6) is 0 Å². The molecule has 0 saturated heterocycles. The van der Waals surface area contributed by atoms with Crippen LogP contribution in [0.1, 0.15) is 162 Å². The van der Waals surface area contributed by atoms with Crippen LogP contribution in [0.25, 0.3) is 0 Å². The first-order valence-electron chi connectivity index (χ1n) is 15.1. The van der Waals surface area contributed by atoms with E-state index in [1.165, 1.54) is 128 Å². The largest absolute Gasteiger partial charge is 0.612 e. The summed E-state index contributed by atoms with van der Waals surface area (Å²) in [5.74, 6) is 0. The molecule has 0 aromatic carbocycles. The van der Waals surface area contributed by atoms with E-state index < -0.39 is 7.94 Å². The molecule has 34 heavy (non-hydrogen) atoms. The third-order valence-corrected chi connectivity index (χ3v) is 8.09. The predicted molar refractivity (Wildman–Crippen MR) is 150 cm³/mol. The van der Waals surface area contributed by atoms with Gasteiger partial charge in [-0.25, -0.2) is 0 Å². The van der Waals surface area contributed by atoms with Crippen molar-refractivity contribution in [2.75, 3.05) is 19.3 Å². The van der Waals surface area contributed by atoms with Gasteiger partial charge in [0.2, 0.25) is 0 Å². The van der Waals surface area contributed by atoms with Crippen LogP contribution in [0.3, 0.4) is 0 Å². The van der Waals surface area contributed by atoms with Gasteiger partial charge in [0.1, 0.15) is 6.16 Å². The minimum Gasteiger partial charge on any atom is -0.612 e. The summed E-state index contributed by atoms with van der Waals surface area (Å²) in [6.45, 7) is 5.64. The van der Waals surface area contributed by atoms with Crippen LogP contribution in [0.4, 0.5) is 0 Å². The zero-order valence-electron chi connectivity index (χ0n) is 23.2. The minimum atomic E-state index is -1.79. The fourth-order valence-corrected chi connectivity index (χ4v) is 5.63. The molecule has 0 aliphatic heterocycles. The number of hydrogen-bond donors (Lipinski definition) is 3. The van der Waals surface area contributed by atoms with E-state index in [1.54, 1.807) is 0 Å². The van der Waals surface area contributed by atoms with Gasteiger partial charge < -0.3 is 15.3 Å². The standard InChI is InChI=1S/C29H61N2O2P/c1-3-5-7-9-11-13-15-17-19-23-29(31-26-22-27-32,25-21-28-34(30)33)24-20-18-16-14-12-10-8-6-4-2/h30-32H,3-28H2,1-2H3. The normalized spacial score (nSPS) is 12.4. The number of unbranched alkanes of at least 4 members (excludes halogenated alkanes) is 16. The lowest BCUT2D eigenvalue weighted by molar-refractivity contribution is -0.156. The Hall–Kier alpha value is -0.0200. The van der Waals surface area contributed by atoms with Crippen molar-refractivity contribution < 1.29 is 10.00 Å². The lowest BCUT2D eigenvalue weighted by Gasteiger charge is -2.36. The lowest BCUT2D eigenvalue weighted by atomic mass is 9.82. The molecule has 0 heterocycles. The predicted octanol–water partition coefficient (Wildman–Crippen LogP) is 8.84. The number of hydrogen-bond acceptors (Lipinski definition) is 4. The number of rotatable bonds is 28. The number of aliphatic hydroxyl groups excluding tert-OH is 1. The number of nitrogens with one attached hydrogen (secondary N) is 2. The second-order valence-corrected chi connectivity index (χ2v) is 11.9. The van der Waals surface area contributed by atoms with Gasteiger partial charge in [-0.1, -0.05) is 129 Å². The quantitative estimate of drug-likeness (QED) is 0.0741. The molecule has 4 nitrogen and oxygen atoms in total. The van der Waals surface area contributed by atoms with Gasteiger partial charge in [-0.3, -0.25) is 0 Å². The van der Waals surface area contributed by atoms with Gasteiger partial charge in [-0.2, -0.15) is 0 Å². The average molecular weight is 501 g/mol. The minimum absolute atomic E-state index is 0.1000. The third kappa shape index (κ3) is 22.4. The van der Waals surface area contributed by atoms with Crippen molar-refractivity contribution in [2.45, 2.75) is 167 Å². The highest BCUT2D eigenvalue weighted by atomic mass is 31.1. The van der Waals surface area contributed by atoms with Crippen LogP contribution in [0.2, 0.25) is 0 Å². The second-order valence-electron chi connectivity index (χ2n) is 10.6. The van der Waals surface area contributed by atoms with E-state index in [0.29, 0.717) is 6.16 Å². The Morgan fingerprint density at radius 3 is 1.38 bits per heavy atom. The van der Waals surface area contributed by atoms with Crippen molar-refractivity contribution in [3.63, 3.8) is 0 Å². The summed E-state index contributed by atoms with van der Waals surface area (Å²) in [5, 5.41) is 20.6. The Kier molecular flexibility index (Phi) is 26.0. The third-order valence-electron chi connectivity index (χ3n) is 7.37. The van der Waals surface area contributed by atoms with Crippen molar-refractivity contribution in [1.82, 2.24) is 5.32 Å². The number of aliphatic hydroxyl groups is 1. The zero-order chi connectivity index (χ0) is 25.2. The molecule has 0 aliphatic carbocycles. The van der Waals surface area contributed by atoms with Crippen molar-refractivity contribution in [3.05, 3.63) is 0 Å². The van der Waals surface area contributed by atoms with E-state index >= 15 is 0 Å². The van der Waals surface area contributed by atoms with Gasteiger partial charge in [-0.15, -0.1) is 5.16 Å². The van der Waals surface area contributed by atoms with E-state index in [2.05, 4.69) is 19.2 Å². The molecule has 204 valence electrons. The van der Waals surface area contributed by atoms with Gasteiger partial charge in [0, 0.05) is 12.1 Å². The van der Waals surface area contributed by atoms with E-state index in [9.17, 15) is 10.00 Å². The maximum atomic E-state index is 11.4. The first kappa shape index (κ1) is 34.0. The Labute approximate surface area is 214 Å². The summed E-state index contributed by atoms with van der Waals surface area (Å²) >= 11 is 0. The Morgan fingerprint density at radius 2 is 1.00 bits per heavy atom. The fourth-order valence-electron chi connectivity index (χ4n) is 5.18. The molecule has 0 aromatic heterocycles. The van der Waals surface area contributed by atoms with Gasteiger partial charge >= 0.3 is 0 Å². The summed E-state index contributed by atoms with van der Waals surface area (Å²) in [6, 6.07) is 0. The van der Waals surface area contributed by atoms with E-state index in [-0.39, 0.29) is 12.1 Å². The molecule has 0 aromatic rings. The lowest BCUT2D eigenvalue weighted by Crippen LogP contribution is -2.46. The van der Waals surface area contributed by atoms with Crippen molar-refractivity contribution >= 4 is 7.94 Å².